The lowest BCUT2D eigenvalue weighted by molar-refractivity contribution is -0.467. The van der Waals surface area contributed by atoms with Crippen molar-refractivity contribution in [2.75, 3.05) is 14.1 Å². The predicted molar refractivity (Wildman–Crippen MR) is 90.0 cm³/mol. The van der Waals surface area contributed by atoms with Crippen molar-refractivity contribution in [3.8, 4) is 0 Å². The molecule has 0 saturated carbocycles. The Hall–Kier alpha value is -2.22. The zero-order valence-electron chi connectivity index (χ0n) is 13.3. The highest BCUT2D eigenvalue weighted by molar-refractivity contribution is 6.01. The van der Waals surface area contributed by atoms with E-state index in [-0.39, 0.29) is 11.7 Å². The second kappa shape index (κ2) is 6.27. The molecule has 1 aliphatic carbocycles. The number of fused-ring (bicyclic) bond motifs is 1. The molecule has 0 bridgehead atoms. The first-order valence-corrected chi connectivity index (χ1v) is 7.86. The first-order valence-electron chi connectivity index (χ1n) is 7.86. The van der Waals surface area contributed by atoms with Crippen LogP contribution < -0.4 is 0 Å². The summed E-state index contributed by atoms with van der Waals surface area (Å²) in [5.41, 5.74) is 4.88. The Morgan fingerprint density at radius 3 is 2.41 bits per heavy atom. The molecule has 1 aliphatic rings. The van der Waals surface area contributed by atoms with E-state index in [0.717, 1.165) is 18.4 Å². The Morgan fingerprint density at radius 1 is 1.00 bits per heavy atom. The summed E-state index contributed by atoms with van der Waals surface area (Å²) in [5.74, 6) is 0.425. The van der Waals surface area contributed by atoms with Crippen molar-refractivity contribution in [1.29, 1.82) is 0 Å². The van der Waals surface area contributed by atoms with Gasteiger partial charge in [0, 0.05) is 18.4 Å². The second-order valence-electron chi connectivity index (χ2n) is 6.13. The number of ketones is 1. The molecule has 0 aliphatic heterocycles. The zero-order valence-corrected chi connectivity index (χ0v) is 13.3. The van der Waals surface area contributed by atoms with Gasteiger partial charge in [0.25, 0.3) is 0 Å². The van der Waals surface area contributed by atoms with Gasteiger partial charge in [0.15, 0.2) is 11.5 Å². The molecule has 3 rings (SSSR count). The minimum absolute atomic E-state index is 0.202. The fourth-order valence-electron chi connectivity index (χ4n) is 3.41. The number of carbonyl (C=O) groups excluding carboxylic acids is 1. The number of aryl methyl sites for hydroxylation is 1. The van der Waals surface area contributed by atoms with E-state index in [1.807, 2.05) is 30.3 Å². The summed E-state index contributed by atoms with van der Waals surface area (Å²) in [6, 6.07) is 18.2. The van der Waals surface area contributed by atoms with Crippen molar-refractivity contribution in [2.24, 2.45) is 0 Å². The Bertz CT molecular complexity index is 711. The van der Waals surface area contributed by atoms with Crippen LogP contribution in [0.4, 0.5) is 0 Å². The van der Waals surface area contributed by atoms with Gasteiger partial charge < -0.3 is 0 Å². The molecule has 0 saturated heterocycles. The van der Waals surface area contributed by atoms with Crippen LogP contribution in [-0.2, 0) is 6.42 Å². The fourth-order valence-corrected chi connectivity index (χ4v) is 3.41. The van der Waals surface area contributed by atoms with E-state index >= 15 is 0 Å². The minimum atomic E-state index is 0.202. The molecule has 0 spiro atoms. The lowest BCUT2D eigenvalue weighted by atomic mass is 9.78. The van der Waals surface area contributed by atoms with Crippen molar-refractivity contribution < 1.29 is 9.37 Å². The van der Waals surface area contributed by atoms with Crippen molar-refractivity contribution in [2.45, 2.75) is 25.2 Å². The summed E-state index contributed by atoms with van der Waals surface area (Å²) < 4.78 is 2.19. The molecule has 0 heterocycles. The molecule has 2 aromatic carbocycles. The highest BCUT2D eigenvalue weighted by atomic mass is 16.1. The normalized spacial score (nSPS) is 17.0. The molecule has 2 heteroatoms. The number of nitrogens with zero attached hydrogens (tertiary/aromatic N) is 1. The molecule has 0 fully saturated rings. The summed E-state index contributed by atoms with van der Waals surface area (Å²) in [4.78, 5) is 12.7. The maximum atomic E-state index is 12.7. The monoisotopic (exact) mass is 292 g/mol. The molecule has 0 N–H and O–H groups in total. The van der Waals surface area contributed by atoms with Crippen LogP contribution >= 0.6 is 0 Å². The predicted octanol–water partition coefficient (Wildman–Crippen LogP) is 3.70. The van der Waals surface area contributed by atoms with Crippen molar-refractivity contribution in [3.05, 3.63) is 71.3 Å². The lowest BCUT2D eigenvalue weighted by Crippen LogP contribution is -2.29. The van der Waals surface area contributed by atoms with Gasteiger partial charge in [0.05, 0.1) is 5.92 Å². The smallest absolute Gasteiger partial charge is 0.164 e. The Kier molecular flexibility index (Phi) is 4.19. The summed E-state index contributed by atoms with van der Waals surface area (Å²) in [6.45, 7) is 0. The van der Waals surface area contributed by atoms with Crippen molar-refractivity contribution >= 4 is 11.5 Å². The summed E-state index contributed by atoms with van der Waals surface area (Å²) >= 11 is 0. The summed E-state index contributed by atoms with van der Waals surface area (Å²) in [6.07, 6.45) is 2.66. The molecule has 1 unspecified atom stereocenters. The van der Waals surface area contributed by atoms with Crippen LogP contribution in [0.1, 0.15) is 40.2 Å². The van der Waals surface area contributed by atoms with Crippen LogP contribution in [0, 0.1) is 0 Å². The van der Waals surface area contributed by atoms with E-state index < -0.39 is 0 Å². The number of Topliss-reactive ketones (excluding diaryl/α,β-unsaturated/α-hetero) is 1. The maximum absolute atomic E-state index is 12.7. The molecular weight excluding hydrogens is 270 g/mol. The number of rotatable bonds is 3. The molecule has 0 radical (unpaired) electrons. The third-order valence-corrected chi connectivity index (χ3v) is 4.54. The van der Waals surface area contributed by atoms with Gasteiger partial charge in [0.1, 0.15) is 14.1 Å². The number of hydrogen-bond donors (Lipinski definition) is 0. The Balaban J connectivity index is 1.95. The van der Waals surface area contributed by atoms with Gasteiger partial charge >= 0.3 is 0 Å². The number of benzene rings is 2. The first kappa shape index (κ1) is 14.7. The third kappa shape index (κ3) is 2.87. The van der Waals surface area contributed by atoms with Crippen molar-refractivity contribution in [3.63, 3.8) is 0 Å². The lowest BCUT2D eigenvalue weighted by Gasteiger charge is -2.25. The highest BCUT2D eigenvalue weighted by Crippen LogP contribution is 2.33. The third-order valence-electron chi connectivity index (χ3n) is 4.54. The van der Waals surface area contributed by atoms with Crippen molar-refractivity contribution in [1.82, 2.24) is 0 Å². The molecule has 0 amide bonds. The van der Waals surface area contributed by atoms with Crippen LogP contribution in [0.2, 0.25) is 0 Å². The van der Waals surface area contributed by atoms with Crippen LogP contribution in [0.25, 0.3) is 0 Å². The van der Waals surface area contributed by atoms with Gasteiger partial charge in [0.2, 0.25) is 0 Å². The maximum Gasteiger partial charge on any atom is 0.164 e. The SMILES string of the molecule is C[N+](C)=C1CCc2ccccc2C1CC(=O)c1ccccc1. The summed E-state index contributed by atoms with van der Waals surface area (Å²) in [5, 5.41) is 0. The molecule has 112 valence electrons. The zero-order chi connectivity index (χ0) is 15.5. The van der Waals surface area contributed by atoms with Crippen LogP contribution in [0.3, 0.4) is 0 Å². The molecule has 1 atom stereocenters. The molecule has 2 aromatic rings. The van der Waals surface area contributed by atoms with E-state index in [4.69, 9.17) is 0 Å². The fraction of sp³-hybridized carbons (Fsp3) is 0.300. The van der Waals surface area contributed by atoms with E-state index in [9.17, 15) is 4.79 Å². The van der Waals surface area contributed by atoms with Gasteiger partial charge in [-0.15, -0.1) is 0 Å². The van der Waals surface area contributed by atoms with Gasteiger partial charge in [-0.25, -0.2) is 4.58 Å². The Labute approximate surface area is 132 Å². The van der Waals surface area contributed by atoms with E-state index in [1.165, 1.54) is 16.8 Å². The molecule has 22 heavy (non-hydrogen) atoms. The van der Waals surface area contributed by atoms with Gasteiger partial charge in [-0.05, 0) is 17.5 Å². The molecule has 2 nitrogen and oxygen atoms in total. The van der Waals surface area contributed by atoms with Crippen LogP contribution in [0.5, 0.6) is 0 Å². The van der Waals surface area contributed by atoms with Crippen LogP contribution in [-0.4, -0.2) is 30.2 Å². The van der Waals surface area contributed by atoms with Gasteiger partial charge in [-0.3, -0.25) is 4.79 Å². The van der Waals surface area contributed by atoms with Gasteiger partial charge in [-0.1, -0.05) is 54.6 Å². The average Bonchev–Trinajstić information content (AvgIpc) is 2.55. The highest BCUT2D eigenvalue weighted by Gasteiger charge is 2.32. The quantitative estimate of drug-likeness (QED) is 0.624. The summed E-state index contributed by atoms with van der Waals surface area (Å²) in [7, 11) is 4.17. The standard InChI is InChI=1S/C20H22NO/c1-21(2)19-13-12-15-8-6-7-11-17(15)18(19)14-20(22)16-9-4-3-5-10-16/h3-11,18H,12-14H2,1-2H3/q+1. The largest absolute Gasteiger partial charge is 0.294 e. The topological polar surface area (TPSA) is 20.1 Å². The minimum Gasteiger partial charge on any atom is -0.294 e. The molecular formula is C20H22NO+. The Morgan fingerprint density at radius 2 is 1.68 bits per heavy atom. The number of carbonyl (C=O) groups is 1. The van der Waals surface area contributed by atoms with E-state index in [0.29, 0.717) is 6.42 Å². The number of hydrogen-bond acceptors (Lipinski definition) is 1. The van der Waals surface area contributed by atoms with Gasteiger partial charge in [-0.2, -0.15) is 0 Å². The van der Waals surface area contributed by atoms with E-state index in [1.54, 1.807) is 0 Å². The molecule has 0 aromatic heterocycles. The van der Waals surface area contributed by atoms with Crippen LogP contribution in [0.15, 0.2) is 54.6 Å². The van der Waals surface area contributed by atoms with E-state index in [2.05, 4.69) is 42.9 Å². The second-order valence-corrected chi connectivity index (χ2v) is 6.13. The average molecular weight is 292 g/mol. The first-order chi connectivity index (χ1) is 10.7.